The normalized spacial score (nSPS) is 11.0. The third-order valence-electron chi connectivity index (χ3n) is 4.21. The Hall–Kier alpha value is -2.60. The summed E-state index contributed by atoms with van der Waals surface area (Å²) in [5, 5.41) is 9.66. The van der Waals surface area contributed by atoms with Crippen LogP contribution in [0.4, 0.5) is 0 Å². The summed E-state index contributed by atoms with van der Waals surface area (Å²) in [6.07, 6.45) is 5.98. The molecule has 0 saturated carbocycles. The highest BCUT2D eigenvalue weighted by Crippen LogP contribution is 2.28. The number of esters is 1. The molecule has 6 heteroatoms. The quantitative estimate of drug-likeness (QED) is 0.278. The minimum absolute atomic E-state index is 0.0726. The summed E-state index contributed by atoms with van der Waals surface area (Å²) in [6, 6.07) is 5.65. The highest BCUT2D eigenvalue weighted by atomic mass is 16.5. The fourth-order valence-corrected chi connectivity index (χ4v) is 2.82. The van der Waals surface area contributed by atoms with E-state index >= 15 is 0 Å². The van der Waals surface area contributed by atoms with E-state index in [2.05, 4.69) is 16.5 Å². The minimum atomic E-state index is -0.846. The van der Waals surface area contributed by atoms with E-state index in [0.717, 1.165) is 30.4 Å². The number of hydrogen-bond donors (Lipinski definition) is 2. The second-order valence-electron chi connectivity index (χ2n) is 6.37. The van der Waals surface area contributed by atoms with Crippen LogP contribution in [0.15, 0.2) is 37.1 Å². The molecule has 2 rings (SSSR count). The van der Waals surface area contributed by atoms with Crippen molar-refractivity contribution in [3.05, 3.63) is 42.6 Å². The second kappa shape index (κ2) is 9.77. The Balaban J connectivity index is 1.97. The number of rotatable bonds is 11. The molecule has 0 aliphatic heterocycles. The molecule has 0 bridgehead atoms. The van der Waals surface area contributed by atoms with Gasteiger partial charge in [-0.15, -0.1) is 6.58 Å². The first-order chi connectivity index (χ1) is 12.5. The molecular formula is C20H26N2O4. The molecule has 0 atom stereocenters. The lowest BCUT2D eigenvalue weighted by molar-refractivity contribution is -0.138. The number of benzene rings is 1. The largest absolute Gasteiger partial charge is 0.481 e. The number of carbonyl (C=O) groups excluding carboxylic acids is 1. The summed E-state index contributed by atoms with van der Waals surface area (Å²) in [6.45, 7) is 5.49. The predicted octanol–water partition coefficient (Wildman–Crippen LogP) is 3.38. The number of aromatic amines is 1. The number of carboxylic acids is 1. The Bertz CT molecular complexity index is 766. The molecule has 1 aromatic carbocycles. The number of H-pyrrole nitrogens is 1. The second-order valence-corrected chi connectivity index (χ2v) is 6.37. The zero-order valence-corrected chi connectivity index (χ0v) is 15.2. The van der Waals surface area contributed by atoms with Crippen LogP contribution in [0, 0.1) is 0 Å². The Morgan fingerprint density at radius 3 is 2.81 bits per heavy atom. The van der Waals surface area contributed by atoms with Gasteiger partial charge in [0, 0.05) is 37.5 Å². The minimum Gasteiger partial charge on any atom is -0.481 e. The van der Waals surface area contributed by atoms with E-state index in [4.69, 9.17) is 9.84 Å². The van der Waals surface area contributed by atoms with E-state index in [-0.39, 0.29) is 18.8 Å². The molecule has 140 valence electrons. The molecule has 0 amide bonds. The molecule has 26 heavy (non-hydrogen) atoms. The average Bonchev–Trinajstić information content (AvgIpc) is 3.01. The van der Waals surface area contributed by atoms with Gasteiger partial charge in [-0.3, -0.25) is 9.59 Å². The zero-order chi connectivity index (χ0) is 18.9. The van der Waals surface area contributed by atoms with Crippen LogP contribution in [-0.2, 0) is 16.0 Å². The number of aliphatic carboxylic acids is 1. The molecule has 0 saturated heterocycles. The number of ether oxygens (including phenoxy) is 1. The summed E-state index contributed by atoms with van der Waals surface area (Å²) in [5.74, 6) is -0.679. The van der Waals surface area contributed by atoms with Gasteiger partial charge >= 0.3 is 11.9 Å². The Kier molecular flexibility index (Phi) is 7.41. The highest BCUT2D eigenvalue weighted by Gasteiger charge is 2.12. The van der Waals surface area contributed by atoms with Gasteiger partial charge in [0.25, 0.3) is 0 Å². The molecule has 0 fully saturated rings. The van der Waals surface area contributed by atoms with E-state index in [9.17, 15) is 9.59 Å². The van der Waals surface area contributed by atoms with Crippen LogP contribution in [0.1, 0.15) is 31.2 Å². The predicted molar refractivity (Wildman–Crippen MR) is 101 cm³/mol. The molecule has 2 aromatic rings. The fraction of sp³-hybridized carbons (Fsp3) is 0.400. The Labute approximate surface area is 153 Å². The molecule has 1 heterocycles. The van der Waals surface area contributed by atoms with Crippen molar-refractivity contribution in [2.24, 2.45) is 0 Å². The first-order valence-electron chi connectivity index (χ1n) is 8.82. The van der Waals surface area contributed by atoms with E-state index in [1.165, 1.54) is 5.56 Å². The van der Waals surface area contributed by atoms with Gasteiger partial charge in [-0.25, -0.2) is 0 Å². The first kappa shape index (κ1) is 19.7. The van der Waals surface area contributed by atoms with Gasteiger partial charge in [0.1, 0.15) is 0 Å². The molecule has 0 aliphatic carbocycles. The van der Waals surface area contributed by atoms with Crippen molar-refractivity contribution in [1.82, 2.24) is 9.88 Å². The number of carbonyl (C=O) groups is 2. The number of carboxylic acid groups (broad SMARTS) is 1. The van der Waals surface area contributed by atoms with Gasteiger partial charge in [-0.2, -0.15) is 0 Å². The lowest BCUT2D eigenvalue weighted by atomic mass is 10.1. The van der Waals surface area contributed by atoms with Gasteiger partial charge < -0.3 is 19.7 Å². The van der Waals surface area contributed by atoms with E-state index < -0.39 is 5.97 Å². The van der Waals surface area contributed by atoms with E-state index in [1.807, 2.05) is 31.5 Å². The Morgan fingerprint density at radius 2 is 2.08 bits per heavy atom. The average molecular weight is 358 g/mol. The van der Waals surface area contributed by atoms with E-state index in [1.54, 1.807) is 6.07 Å². The number of fused-ring (bicyclic) bond motifs is 1. The molecule has 1 aromatic heterocycles. The number of hydrogen-bond acceptors (Lipinski definition) is 4. The van der Waals surface area contributed by atoms with Gasteiger partial charge in [-0.05, 0) is 37.9 Å². The number of unbranched alkanes of at least 4 members (excludes halogenated alkanes) is 1. The van der Waals surface area contributed by atoms with Crippen molar-refractivity contribution in [2.75, 3.05) is 20.1 Å². The summed E-state index contributed by atoms with van der Waals surface area (Å²) in [7, 11) is 2.05. The SMILES string of the molecule is C=CCN(C)CCc1c[nH]c2c(OC(=O)CCCCC(=O)O)cccc12. The molecular weight excluding hydrogens is 332 g/mol. The van der Waals surface area contributed by atoms with Crippen LogP contribution in [0.25, 0.3) is 10.9 Å². The van der Waals surface area contributed by atoms with Crippen LogP contribution in [0.3, 0.4) is 0 Å². The summed E-state index contributed by atoms with van der Waals surface area (Å²) >= 11 is 0. The van der Waals surface area contributed by atoms with Gasteiger partial charge in [0.15, 0.2) is 5.75 Å². The van der Waals surface area contributed by atoms with Crippen molar-refractivity contribution in [1.29, 1.82) is 0 Å². The summed E-state index contributed by atoms with van der Waals surface area (Å²) in [4.78, 5) is 27.9. The number of nitrogens with zero attached hydrogens (tertiary/aromatic N) is 1. The summed E-state index contributed by atoms with van der Waals surface area (Å²) in [5.41, 5.74) is 1.99. The molecule has 6 nitrogen and oxygen atoms in total. The molecule has 0 unspecified atom stereocenters. The van der Waals surface area contributed by atoms with Gasteiger partial charge in [-0.1, -0.05) is 18.2 Å². The van der Waals surface area contributed by atoms with Crippen molar-refractivity contribution in [2.45, 2.75) is 32.1 Å². The lowest BCUT2D eigenvalue weighted by Crippen LogP contribution is -2.20. The van der Waals surface area contributed by atoms with Crippen molar-refractivity contribution >= 4 is 22.8 Å². The van der Waals surface area contributed by atoms with Crippen molar-refractivity contribution in [3.63, 3.8) is 0 Å². The van der Waals surface area contributed by atoms with Gasteiger partial charge in [0.05, 0.1) is 5.52 Å². The van der Waals surface area contributed by atoms with Crippen LogP contribution in [0.5, 0.6) is 5.75 Å². The maximum atomic E-state index is 12.0. The smallest absolute Gasteiger partial charge is 0.311 e. The fourth-order valence-electron chi connectivity index (χ4n) is 2.82. The molecule has 2 N–H and O–H groups in total. The van der Waals surface area contributed by atoms with Crippen LogP contribution < -0.4 is 4.74 Å². The number of para-hydroxylation sites is 1. The topological polar surface area (TPSA) is 82.6 Å². The number of nitrogens with one attached hydrogen (secondary N) is 1. The van der Waals surface area contributed by atoms with Crippen LogP contribution >= 0.6 is 0 Å². The number of likely N-dealkylation sites (N-methyl/N-ethyl adjacent to an activating group) is 1. The maximum Gasteiger partial charge on any atom is 0.311 e. The zero-order valence-electron chi connectivity index (χ0n) is 15.2. The molecule has 0 aliphatic rings. The van der Waals surface area contributed by atoms with Crippen LogP contribution in [0.2, 0.25) is 0 Å². The molecule has 0 radical (unpaired) electrons. The summed E-state index contributed by atoms with van der Waals surface area (Å²) < 4.78 is 5.47. The van der Waals surface area contributed by atoms with Crippen molar-refractivity contribution in [3.8, 4) is 5.75 Å². The van der Waals surface area contributed by atoms with E-state index in [0.29, 0.717) is 18.6 Å². The number of aromatic nitrogens is 1. The standard InChI is InChI=1S/C20H26N2O4/c1-3-12-22(2)13-11-15-14-21-20-16(15)7-6-8-17(20)26-19(25)10-5-4-9-18(23)24/h3,6-8,14,21H,1,4-5,9-13H2,2H3,(H,23,24). The molecule has 0 spiro atoms. The third-order valence-corrected chi connectivity index (χ3v) is 4.21. The lowest BCUT2D eigenvalue weighted by Gasteiger charge is -2.13. The highest BCUT2D eigenvalue weighted by molar-refractivity contribution is 5.90. The third kappa shape index (κ3) is 5.74. The van der Waals surface area contributed by atoms with Gasteiger partial charge in [0.2, 0.25) is 0 Å². The monoisotopic (exact) mass is 358 g/mol. The van der Waals surface area contributed by atoms with Crippen LogP contribution in [-0.4, -0.2) is 47.1 Å². The maximum absolute atomic E-state index is 12.0. The first-order valence-corrected chi connectivity index (χ1v) is 8.82. The van der Waals surface area contributed by atoms with Crippen molar-refractivity contribution < 1.29 is 19.4 Å². The Morgan fingerprint density at radius 1 is 1.31 bits per heavy atom.